The minimum atomic E-state index is -0.129. The maximum absolute atomic E-state index is 12.1. The Balaban J connectivity index is 1.70. The Morgan fingerprint density at radius 1 is 1.15 bits per heavy atom. The number of anilines is 1. The Morgan fingerprint density at radius 2 is 1.81 bits per heavy atom. The number of unbranched alkanes of at least 4 members (excludes halogenated alkanes) is 1. The van der Waals surface area contributed by atoms with Gasteiger partial charge in [0, 0.05) is 32.0 Å². The zero-order chi connectivity index (χ0) is 19.2. The minimum Gasteiger partial charge on any atom is -0.493 e. The van der Waals surface area contributed by atoms with E-state index >= 15 is 0 Å². The van der Waals surface area contributed by atoms with E-state index in [4.69, 9.17) is 9.47 Å². The van der Waals surface area contributed by atoms with Gasteiger partial charge >= 0.3 is 0 Å². The monoisotopic (exact) mass is 370 g/mol. The summed E-state index contributed by atoms with van der Waals surface area (Å²) in [4.78, 5) is 23.0. The fraction of sp³-hybridized carbons (Fsp3) is 0.450. The van der Waals surface area contributed by atoms with E-state index in [-0.39, 0.29) is 5.91 Å². The highest BCUT2D eigenvalue weighted by atomic mass is 16.5. The summed E-state index contributed by atoms with van der Waals surface area (Å²) in [5.41, 5.74) is 2.90. The van der Waals surface area contributed by atoms with Crippen molar-refractivity contribution in [1.29, 1.82) is 0 Å². The standard InChI is InChI=1S/C20H26N4O3/c1-4-5-7-21-19(25)16-11-22-20(23-12-16)24-8-6-14-9-17(26-2)18(27-3)10-15(14)13-24/h9-12H,4-8,13H2,1-3H3,(H,21,25). The van der Waals surface area contributed by atoms with Crippen LogP contribution in [0.4, 0.5) is 5.95 Å². The first-order chi connectivity index (χ1) is 13.2. The summed E-state index contributed by atoms with van der Waals surface area (Å²) in [5.74, 6) is 1.97. The van der Waals surface area contributed by atoms with Crippen molar-refractivity contribution in [2.45, 2.75) is 32.7 Å². The van der Waals surface area contributed by atoms with Crippen LogP contribution in [-0.4, -0.2) is 43.2 Å². The van der Waals surface area contributed by atoms with Crippen LogP contribution in [0.2, 0.25) is 0 Å². The van der Waals surface area contributed by atoms with Crippen LogP contribution in [0.25, 0.3) is 0 Å². The van der Waals surface area contributed by atoms with E-state index in [0.717, 1.165) is 37.3 Å². The third-order valence-electron chi connectivity index (χ3n) is 4.72. The van der Waals surface area contributed by atoms with E-state index < -0.39 is 0 Å². The second kappa shape index (κ2) is 8.70. The van der Waals surface area contributed by atoms with Gasteiger partial charge in [0.05, 0.1) is 19.8 Å². The number of aromatic nitrogens is 2. The molecule has 27 heavy (non-hydrogen) atoms. The highest BCUT2D eigenvalue weighted by Crippen LogP contribution is 2.33. The molecule has 7 nitrogen and oxygen atoms in total. The van der Waals surface area contributed by atoms with Crippen LogP contribution in [0.1, 0.15) is 41.3 Å². The number of hydrogen-bond acceptors (Lipinski definition) is 6. The van der Waals surface area contributed by atoms with Crippen LogP contribution in [0, 0.1) is 0 Å². The van der Waals surface area contributed by atoms with Crippen LogP contribution in [0.3, 0.4) is 0 Å². The predicted molar refractivity (Wildman–Crippen MR) is 104 cm³/mol. The lowest BCUT2D eigenvalue weighted by Crippen LogP contribution is -2.32. The maximum atomic E-state index is 12.1. The van der Waals surface area contributed by atoms with Crippen LogP contribution >= 0.6 is 0 Å². The quantitative estimate of drug-likeness (QED) is 0.755. The number of rotatable bonds is 7. The van der Waals surface area contributed by atoms with Crippen molar-refractivity contribution in [3.8, 4) is 11.5 Å². The van der Waals surface area contributed by atoms with Crippen LogP contribution in [-0.2, 0) is 13.0 Å². The van der Waals surface area contributed by atoms with Gasteiger partial charge in [0.1, 0.15) is 0 Å². The van der Waals surface area contributed by atoms with E-state index in [1.165, 1.54) is 11.1 Å². The molecule has 0 aliphatic carbocycles. The normalized spacial score (nSPS) is 13.1. The molecule has 1 amide bonds. The number of amides is 1. The molecule has 0 unspecified atom stereocenters. The summed E-state index contributed by atoms with van der Waals surface area (Å²) >= 11 is 0. The first-order valence-electron chi connectivity index (χ1n) is 9.25. The molecule has 1 N–H and O–H groups in total. The number of carbonyl (C=O) groups is 1. The maximum Gasteiger partial charge on any atom is 0.254 e. The molecule has 0 atom stereocenters. The summed E-state index contributed by atoms with van der Waals surface area (Å²) in [6.07, 6.45) is 6.06. The minimum absolute atomic E-state index is 0.129. The third-order valence-corrected chi connectivity index (χ3v) is 4.72. The Bertz CT molecular complexity index is 793. The Labute approximate surface area is 159 Å². The molecule has 2 heterocycles. The number of ether oxygens (including phenoxy) is 2. The van der Waals surface area contributed by atoms with E-state index in [2.05, 4.69) is 27.1 Å². The second-order valence-electron chi connectivity index (χ2n) is 6.53. The smallest absolute Gasteiger partial charge is 0.254 e. The molecular formula is C20H26N4O3. The largest absolute Gasteiger partial charge is 0.493 e. The fourth-order valence-electron chi connectivity index (χ4n) is 3.14. The van der Waals surface area contributed by atoms with Crippen molar-refractivity contribution in [2.75, 3.05) is 32.2 Å². The molecule has 2 aromatic rings. The molecule has 0 fully saturated rings. The lowest BCUT2D eigenvalue weighted by Gasteiger charge is -2.29. The number of benzene rings is 1. The van der Waals surface area contributed by atoms with Gasteiger partial charge in [-0.3, -0.25) is 4.79 Å². The molecule has 0 saturated carbocycles. The highest BCUT2D eigenvalue weighted by Gasteiger charge is 2.21. The molecule has 1 aliphatic heterocycles. The molecule has 3 rings (SSSR count). The van der Waals surface area contributed by atoms with Gasteiger partial charge in [-0.15, -0.1) is 0 Å². The average molecular weight is 370 g/mol. The van der Waals surface area contributed by atoms with Crippen molar-refractivity contribution in [2.24, 2.45) is 0 Å². The summed E-state index contributed by atoms with van der Waals surface area (Å²) in [6, 6.07) is 4.05. The van der Waals surface area contributed by atoms with Gasteiger partial charge in [0.2, 0.25) is 5.95 Å². The summed E-state index contributed by atoms with van der Waals surface area (Å²) in [7, 11) is 3.28. The number of carbonyl (C=O) groups excluding carboxylic acids is 1. The van der Waals surface area contributed by atoms with Gasteiger partial charge in [-0.2, -0.15) is 0 Å². The molecule has 0 radical (unpaired) electrons. The molecule has 0 saturated heterocycles. The number of hydrogen-bond donors (Lipinski definition) is 1. The lowest BCUT2D eigenvalue weighted by atomic mass is 9.99. The van der Waals surface area contributed by atoms with Crippen molar-refractivity contribution in [3.05, 3.63) is 41.2 Å². The SMILES string of the molecule is CCCCNC(=O)c1cnc(N2CCc3cc(OC)c(OC)cc3C2)nc1. The summed E-state index contributed by atoms with van der Waals surface area (Å²) in [5, 5.41) is 2.88. The highest BCUT2D eigenvalue weighted by molar-refractivity contribution is 5.93. The van der Waals surface area contributed by atoms with Crippen molar-refractivity contribution in [1.82, 2.24) is 15.3 Å². The van der Waals surface area contributed by atoms with Gasteiger partial charge in [0.15, 0.2) is 11.5 Å². The van der Waals surface area contributed by atoms with Crippen molar-refractivity contribution in [3.63, 3.8) is 0 Å². The predicted octanol–water partition coefficient (Wildman–Crippen LogP) is 2.59. The Hall–Kier alpha value is -2.83. The lowest BCUT2D eigenvalue weighted by molar-refractivity contribution is 0.0952. The van der Waals surface area contributed by atoms with Gasteiger partial charge in [-0.05, 0) is 36.1 Å². The second-order valence-corrected chi connectivity index (χ2v) is 6.53. The molecule has 7 heteroatoms. The Kier molecular flexibility index (Phi) is 6.11. The average Bonchev–Trinajstić information content (AvgIpc) is 2.72. The van der Waals surface area contributed by atoms with E-state index in [1.54, 1.807) is 26.6 Å². The van der Waals surface area contributed by atoms with E-state index in [9.17, 15) is 4.79 Å². The third kappa shape index (κ3) is 4.30. The van der Waals surface area contributed by atoms with E-state index in [1.807, 2.05) is 12.1 Å². The van der Waals surface area contributed by atoms with Crippen LogP contribution in [0.15, 0.2) is 24.5 Å². The number of nitrogens with zero attached hydrogens (tertiary/aromatic N) is 3. The van der Waals surface area contributed by atoms with Crippen LogP contribution in [0.5, 0.6) is 11.5 Å². The summed E-state index contributed by atoms with van der Waals surface area (Å²) in [6.45, 7) is 4.26. The molecule has 144 valence electrons. The van der Waals surface area contributed by atoms with E-state index in [0.29, 0.717) is 24.6 Å². The van der Waals surface area contributed by atoms with Gasteiger partial charge in [-0.25, -0.2) is 9.97 Å². The molecule has 1 aromatic carbocycles. The number of fused-ring (bicyclic) bond motifs is 1. The van der Waals surface area contributed by atoms with Crippen molar-refractivity contribution < 1.29 is 14.3 Å². The van der Waals surface area contributed by atoms with Gasteiger partial charge < -0.3 is 19.7 Å². The molecular weight excluding hydrogens is 344 g/mol. The molecule has 0 spiro atoms. The number of nitrogens with one attached hydrogen (secondary N) is 1. The first-order valence-corrected chi connectivity index (χ1v) is 9.25. The van der Waals surface area contributed by atoms with Crippen LogP contribution < -0.4 is 19.7 Å². The fourth-order valence-corrected chi connectivity index (χ4v) is 3.14. The summed E-state index contributed by atoms with van der Waals surface area (Å²) < 4.78 is 10.8. The Morgan fingerprint density at radius 3 is 2.44 bits per heavy atom. The molecule has 0 bridgehead atoms. The molecule has 1 aliphatic rings. The number of methoxy groups -OCH3 is 2. The van der Waals surface area contributed by atoms with Gasteiger partial charge in [0.25, 0.3) is 5.91 Å². The molecule has 1 aromatic heterocycles. The zero-order valence-electron chi connectivity index (χ0n) is 16.1. The van der Waals surface area contributed by atoms with Crippen molar-refractivity contribution >= 4 is 11.9 Å². The van der Waals surface area contributed by atoms with Gasteiger partial charge in [-0.1, -0.05) is 13.3 Å². The zero-order valence-corrected chi connectivity index (χ0v) is 16.1. The first kappa shape index (κ1) is 18.9. The topological polar surface area (TPSA) is 76.6 Å².